The summed E-state index contributed by atoms with van der Waals surface area (Å²) >= 11 is 0. The molecule has 0 spiro atoms. The molecule has 0 atom stereocenters. The lowest BCUT2D eigenvalue weighted by atomic mass is 10.2. The molecular formula is C11H15NO2S. The predicted molar refractivity (Wildman–Crippen MR) is 62.3 cm³/mol. The minimum atomic E-state index is -3.09. The molecule has 4 heteroatoms. The van der Waals surface area contributed by atoms with Gasteiger partial charge in [-0.3, -0.25) is 0 Å². The molecule has 82 valence electrons. The molecule has 0 saturated heterocycles. The maximum Gasteiger partial charge on any atom is 0.175 e. The van der Waals surface area contributed by atoms with Crippen LogP contribution in [-0.2, 0) is 9.84 Å². The number of rotatable bonds is 4. The van der Waals surface area contributed by atoms with Gasteiger partial charge in [0.15, 0.2) is 9.84 Å². The maximum atomic E-state index is 11.2. The van der Waals surface area contributed by atoms with Gasteiger partial charge in [0.25, 0.3) is 0 Å². The second-order valence-corrected chi connectivity index (χ2v) is 5.34. The minimum absolute atomic E-state index is 0.346. The van der Waals surface area contributed by atoms with Gasteiger partial charge in [-0.05, 0) is 30.7 Å². The van der Waals surface area contributed by atoms with Crippen LogP contribution in [0.4, 0.5) is 0 Å². The summed E-state index contributed by atoms with van der Waals surface area (Å²) in [7, 11) is -3.09. The Hall–Kier alpha value is -1.13. The van der Waals surface area contributed by atoms with Crippen molar-refractivity contribution in [2.75, 3.05) is 12.8 Å². The maximum absolute atomic E-state index is 11.2. The van der Waals surface area contributed by atoms with E-state index in [1.54, 1.807) is 24.3 Å². The molecule has 2 N–H and O–H groups in total. The monoisotopic (exact) mass is 225 g/mol. The average Bonchev–Trinajstić information content (AvgIpc) is 2.18. The van der Waals surface area contributed by atoms with Crippen molar-refractivity contribution in [2.45, 2.75) is 11.3 Å². The highest BCUT2D eigenvalue weighted by Gasteiger charge is 2.04. The van der Waals surface area contributed by atoms with Crippen molar-refractivity contribution < 1.29 is 8.42 Å². The van der Waals surface area contributed by atoms with Crippen LogP contribution in [0, 0.1) is 0 Å². The van der Waals surface area contributed by atoms with Crippen molar-refractivity contribution in [3.8, 4) is 0 Å². The number of hydrogen-bond donors (Lipinski definition) is 1. The van der Waals surface area contributed by atoms with E-state index in [4.69, 9.17) is 5.73 Å². The topological polar surface area (TPSA) is 60.2 Å². The van der Waals surface area contributed by atoms with Crippen molar-refractivity contribution in [3.05, 3.63) is 35.9 Å². The fourth-order valence-corrected chi connectivity index (χ4v) is 1.77. The molecule has 1 aromatic carbocycles. The Balaban J connectivity index is 2.82. The minimum Gasteiger partial charge on any atom is -0.330 e. The third-order valence-electron chi connectivity index (χ3n) is 1.95. The zero-order valence-electron chi connectivity index (χ0n) is 8.68. The molecule has 3 nitrogen and oxygen atoms in total. The first-order valence-corrected chi connectivity index (χ1v) is 6.60. The Labute approximate surface area is 90.5 Å². The van der Waals surface area contributed by atoms with E-state index in [-0.39, 0.29) is 0 Å². The second kappa shape index (κ2) is 5.09. The van der Waals surface area contributed by atoms with Crippen LogP contribution in [0.1, 0.15) is 12.0 Å². The summed E-state index contributed by atoms with van der Waals surface area (Å²) in [6.45, 7) is 0.623. The van der Waals surface area contributed by atoms with Crippen LogP contribution in [0.25, 0.3) is 6.08 Å². The van der Waals surface area contributed by atoms with Crippen molar-refractivity contribution in [1.82, 2.24) is 0 Å². The SMILES string of the molecule is CS(=O)(=O)c1ccc(C=CCCN)cc1. The zero-order chi connectivity index (χ0) is 11.3. The molecular weight excluding hydrogens is 210 g/mol. The number of sulfone groups is 1. The lowest BCUT2D eigenvalue weighted by Crippen LogP contribution is -1.96. The fraction of sp³-hybridized carbons (Fsp3) is 0.273. The van der Waals surface area contributed by atoms with E-state index in [0.717, 1.165) is 12.0 Å². The predicted octanol–water partition coefficient (Wildman–Crippen LogP) is 1.45. The second-order valence-electron chi connectivity index (χ2n) is 3.32. The van der Waals surface area contributed by atoms with E-state index in [1.807, 2.05) is 12.2 Å². The molecule has 0 aliphatic heterocycles. The molecule has 0 heterocycles. The highest BCUT2D eigenvalue weighted by atomic mass is 32.2. The zero-order valence-corrected chi connectivity index (χ0v) is 9.50. The Morgan fingerprint density at radius 2 is 1.87 bits per heavy atom. The molecule has 0 amide bonds. The molecule has 0 aliphatic rings. The van der Waals surface area contributed by atoms with Crippen LogP contribution in [0.15, 0.2) is 35.2 Å². The Morgan fingerprint density at radius 1 is 1.27 bits per heavy atom. The highest BCUT2D eigenvalue weighted by molar-refractivity contribution is 7.90. The van der Waals surface area contributed by atoms with Crippen LogP contribution in [0.5, 0.6) is 0 Å². The van der Waals surface area contributed by atoms with Gasteiger partial charge in [0, 0.05) is 6.26 Å². The van der Waals surface area contributed by atoms with Crippen LogP contribution in [-0.4, -0.2) is 21.2 Å². The normalized spacial score (nSPS) is 12.1. The van der Waals surface area contributed by atoms with E-state index in [2.05, 4.69) is 0 Å². The summed E-state index contributed by atoms with van der Waals surface area (Å²) in [6.07, 6.45) is 5.93. The summed E-state index contributed by atoms with van der Waals surface area (Å²) < 4.78 is 22.3. The summed E-state index contributed by atoms with van der Waals surface area (Å²) in [6, 6.07) is 6.78. The van der Waals surface area contributed by atoms with Crippen molar-refractivity contribution in [3.63, 3.8) is 0 Å². The number of benzene rings is 1. The highest BCUT2D eigenvalue weighted by Crippen LogP contribution is 2.11. The lowest BCUT2D eigenvalue weighted by molar-refractivity contribution is 0.602. The van der Waals surface area contributed by atoms with E-state index in [0.29, 0.717) is 11.4 Å². The first-order chi connectivity index (χ1) is 7.04. The molecule has 15 heavy (non-hydrogen) atoms. The van der Waals surface area contributed by atoms with Gasteiger partial charge in [0.2, 0.25) is 0 Å². The van der Waals surface area contributed by atoms with Crippen LogP contribution >= 0.6 is 0 Å². The van der Waals surface area contributed by atoms with E-state index >= 15 is 0 Å². The molecule has 0 fully saturated rings. The summed E-state index contributed by atoms with van der Waals surface area (Å²) in [5, 5.41) is 0. The number of hydrogen-bond acceptors (Lipinski definition) is 3. The molecule has 1 aromatic rings. The van der Waals surface area contributed by atoms with Crippen LogP contribution < -0.4 is 5.73 Å². The standard InChI is InChI=1S/C11H15NO2S/c1-15(13,14)11-7-5-10(6-8-11)4-2-3-9-12/h2,4-8H,3,9,12H2,1H3. The summed E-state index contributed by atoms with van der Waals surface area (Å²) in [5.41, 5.74) is 6.33. The quantitative estimate of drug-likeness (QED) is 0.843. The molecule has 1 rings (SSSR count). The molecule has 0 aliphatic carbocycles. The fourth-order valence-electron chi connectivity index (χ4n) is 1.14. The first-order valence-electron chi connectivity index (χ1n) is 4.71. The number of nitrogens with two attached hydrogens (primary N) is 1. The Bertz CT molecular complexity index is 432. The van der Waals surface area contributed by atoms with Gasteiger partial charge in [-0.15, -0.1) is 0 Å². The van der Waals surface area contributed by atoms with Gasteiger partial charge in [0.1, 0.15) is 0 Å². The van der Waals surface area contributed by atoms with Gasteiger partial charge < -0.3 is 5.73 Å². The van der Waals surface area contributed by atoms with Gasteiger partial charge in [-0.2, -0.15) is 0 Å². The first kappa shape index (κ1) is 11.9. The van der Waals surface area contributed by atoms with Crippen LogP contribution in [0.2, 0.25) is 0 Å². The molecule has 0 bridgehead atoms. The van der Waals surface area contributed by atoms with Gasteiger partial charge in [-0.1, -0.05) is 24.3 Å². The van der Waals surface area contributed by atoms with E-state index < -0.39 is 9.84 Å². The van der Waals surface area contributed by atoms with Crippen LogP contribution in [0.3, 0.4) is 0 Å². The smallest absolute Gasteiger partial charge is 0.175 e. The van der Waals surface area contributed by atoms with Crippen molar-refractivity contribution >= 4 is 15.9 Å². The molecule has 0 saturated carbocycles. The third-order valence-corrected chi connectivity index (χ3v) is 3.08. The van der Waals surface area contributed by atoms with Crippen molar-refractivity contribution in [2.24, 2.45) is 5.73 Å². The molecule has 0 radical (unpaired) electrons. The lowest BCUT2D eigenvalue weighted by Gasteiger charge is -1.98. The average molecular weight is 225 g/mol. The van der Waals surface area contributed by atoms with Crippen molar-refractivity contribution in [1.29, 1.82) is 0 Å². The van der Waals surface area contributed by atoms with Gasteiger partial charge >= 0.3 is 0 Å². The van der Waals surface area contributed by atoms with E-state index in [1.165, 1.54) is 6.26 Å². The Kier molecular flexibility index (Phi) is 4.05. The van der Waals surface area contributed by atoms with Gasteiger partial charge in [-0.25, -0.2) is 8.42 Å². The van der Waals surface area contributed by atoms with E-state index in [9.17, 15) is 8.42 Å². The molecule has 0 unspecified atom stereocenters. The van der Waals surface area contributed by atoms with Gasteiger partial charge in [0.05, 0.1) is 4.90 Å². The largest absolute Gasteiger partial charge is 0.330 e. The summed E-state index contributed by atoms with van der Waals surface area (Å²) in [4.78, 5) is 0.346. The third kappa shape index (κ3) is 3.85. The molecule has 0 aromatic heterocycles. The Morgan fingerprint density at radius 3 is 2.33 bits per heavy atom. The summed E-state index contributed by atoms with van der Waals surface area (Å²) in [5.74, 6) is 0.